The molecule has 6 N–H and O–H groups in total. The fraction of sp³-hybridized carbons (Fsp3) is 0.629. The largest absolute Gasteiger partial charge is 0.507 e. The van der Waals surface area contributed by atoms with Crippen molar-refractivity contribution in [1.29, 1.82) is 0 Å². The maximum Gasteiger partial charge on any atom is 0.343 e. The molecular formula is C35H47NO11. The molecule has 0 aromatic heterocycles. The number of carbonyl (C=O) groups is 1. The summed E-state index contributed by atoms with van der Waals surface area (Å²) in [5, 5.41) is 62.2. The van der Waals surface area contributed by atoms with Crippen LogP contribution in [0.1, 0.15) is 45.1 Å². The van der Waals surface area contributed by atoms with E-state index in [4.69, 9.17) is 18.9 Å². The number of cyclic esters (lactones) is 1. The highest BCUT2D eigenvalue weighted by Gasteiger charge is 2.67. The smallest absolute Gasteiger partial charge is 0.343 e. The van der Waals surface area contributed by atoms with E-state index < -0.39 is 54.8 Å². The summed E-state index contributed by atoms with van der Waals surface area (Å²) in [5.41, 5.74) is 0.268. The van der Waals surface area contributed by atoms with E-state index in [1.807, 2.05) is 38.1 Å². The van der Waals surface area contributed by atoms with Crippen LogP contribution in [0.3, 0.4) is 0 Å². The number of fused-ring (bicyclic) bond motifs is 1. The molecule has 4 fully saturated rings. The Bertz CT molecular complexity index is 1450. The maximum absolute atomic E-state index is 12.9. The van der Waals surface area contributed by atoms with Gasteiger partial charge in [-0.3, -0.25) is 0 Å². The van der Waals surface area contributed by atoms with E-state index in [1.54, 1.807) is 30.4 Å². The Morgan fingerprint density at radius 1 is 1.06 bits per heavy atom. The molecule has 1 aromatic carbocycles. The first-order chi connectivity index (χ1) is 22.3. The number of hydrogen-bond acceptors (Lipinski definition) is 12. The van der Waals surface area contributed by atoms with Crippen LogP contribution in [-0.4, -0.2) is 113 Å². The van der Waals surface area contributed by atoms with Gasteiger partial charge in [-0.2, -0.15) is 0 Å². The SMILES string of the molecule is CN(C)c1ccc(/C=C2C=C(/C=C/C3C4(CCC5[C@]3(C)CC[C@@H](OC3OC(CO)C(O)C(O)C3O)[C@@]5(C)CO)CO4)C(=O)O\2)c(O)c1. The average molecular weight is 658 g/mol. The van der Waals surface area contributed by atoms with Crippen LogP contribution in [-0.2, 0) is 23.7 Å². The van der Waals surface area contributed by atoms with Crippen molar-refractivity contribution in [1.82, 2.24) is 0 Å². The third-order valence-electron chi connectivity index (χ3n) is 11.4. The van der Waals surface area contributed by atoms with Crippen molar-refractivity contribution in [2.45, 2.75) is 81.9 Å². The number of benzene rings is 1. The number of phenols is 1. The quantitative estimate of drug-likeness (QED) is 0.135. The molecule has 12 nitrogen and oxygen atoms in total. The second-order valence-corrected chi connectivity index (χ2v) is 14.5. The van der Waals surface area contributed by atoms with Crippen LogP contribution in [0.15, 0.2) is 47.8 Å². The molecule has 6 rings (SSSR count). The van der Waals surface area contributed by atoms with E-state index in [-0.39, 0.29) is 35.2 Å². The summed E-state index contributed by atoms with van der Waals surface area (Å²) in [6.45, 7) is 4.00. The van der Waals surface area contributed by atoms with Gasteiger partial charge in [0, 0.05) is 42.7 Å². The van der Waals surface area contributed by atoms with E-state index in [2.05, 4.69) is 6.92 Å². The topological polar surface area (TPSA) is 182 Å². The molecule has 2 saturated carbocycles. The predicted molar refractivity (Wildman–Crippen MR) is 170 cm³/mol. The highest BCUT2D eigenvalue weighted by molar-refractivity contribution is 5.96. The molecule has 0 radical (unpaired) electrons. The van der Waals surface area contributed by atoms with E-state index in [0.29, 0.717) is 36.3 Å². The molecule has 2 saturated heterocycles. The Morgan fingerprint density at radius 2 is 1.81 bits per heavy atom. The summed E-state index contributed by atoms with van der Waals surface area (Å²) in [4.78, 5) is 14.8. The Morgan fingerprint density at radius 3 is 2.45 bits per heavy atom. The fourth-order valence-corrected chi connectivity index (χ4v) is 8.57. The molecule has 0 amide bonds. The summed E-state index contributed by atoms with van der Waals surface area (Å²) >= 11 is 0. The second-order valence-electron chi connectivity index (χ2n) is 14.5. The van der Waals surface area contributed by atoms with Crippen LogP contribution in [0, 0.1) is 22.7 Å². The summed E-state index contributed by atoms with van der Waals surface area (Å²) in [7, 11) is 3.76. The molecule has 47 heavy (non-hydrogen) atoms. The van der Waals surface area contributed by atoms with Crippen molar-refractivity contribution in [3.8, 4) is 5.75 Å². The minimum absolute atomic E-state index is 0.0406. The summed E-state index contributed by atoms with van der Waals surface area (Å²) in [5.74, 6) is -0.217. The Labute approximate surface area is 274 Å². The minimum Gasteiger partial charge on any atom is -0.507 e. The third-order valence-corrected chi connectivity index (χ3v) is 11.4. The van der Waals surface area contributed by atoms with Crippen LogP contribution in [0.2, 0.25) is 0 Å². The molecule has 0 bridgehead atoms. The van der Waals surface area contributed by atoms with Crippen molar-refractivity contribution in [2.24, 2.45) is 22.7 Å². The fourth-order valence-electron chi connectivity index (χ4n) is 8.57. The molecule has 2 aliphatic carbocycles. The van der Waals surface area contributed by atoms with E-state index in [0.717, 1.165) is 18.5 Å². The van der Waals surface area contributed by atoms with Crippen LogP contribution in [0.25, 0.3) is 6.08 Å². The number of nitrogens with zero attached hydrogens (tertiary/aromatic N) is 1. The van der Waals surface area contributed by atoms with E-state index >= 15 is 0 Å². The second kappa shape index (κ2) is 12.6. The molecule has 3 aliphatic heterocycles. The first-order valence-corrected chi connectivity index (χ1v) is 16.3. The minimum atomic E-state index is -1.56. The van der Waals surface area contributed by atoms with Crippen molar-refractivity contribution in [3.05, 3.63) is 53.3 Å². The molecule has 11 atom stereocenters. The van der Waals surface area contributed by atoms with E-state index in [9.17, 15) is 35.4 Å². The molecule has 1 spiro atoms. The lowest BCUT2D eigenvalue weighted by molar-refractivity contribution is -0.330. The molecule has 258 valence electrons. The monoisotopic (exact) mass is 657 g/mol. The number of carbonyl (C=O) groups excluding carboxylic acids is 1. The van der Waals surface area contributed by atoms with Gasteiger partial charge in [-0.1, -0.05) is 26.0 Å². The van der Waals surface area contributed by atoms with Gasteiger partial charge < -0.3 is 54.5 Å². The number of allylic oxidation sites excluding steroid dienone is 1. The molecule has 5 aliphatic rings. The Balaban J connectivity index is 1.23. The van der Waals surface area contributed by atoms with Crippen LogP contribution >= 0.6 is 0 Å². The van der Waals surface area contributed by atoms with Gasteiger partial charge in [-0.15, -0.1) is 0 Å². The van der Waals surface area contributed by atoms with Crippen molar-refractivity contribution in [3.63, 3.8) is 0 Å². The Kier molecular flexibility index (Phi) is 9.11. The molecular weight excluding hydrogens is 610 g/mol. The van der Waals surface area contributed by atoms with Gasteiger partial charge in [0.15, 0.2) is 6.29 Å². The zero-order chi connectivity index (χ0) is 33.9. The number of aromatic hydroxyl groups is 1. The molecule has 12 heteroatoms. The number of aliphatic hydroxyl groups excluding tert-OH is 5. The predicted octanol–water partition coefficient (Wildman–Crippen LogP) is 1.62. The molecule has 1 aromatic rings. The Hall–Kier alpha value is -2.81. The average Bonchev–Trinajstić information content (AvgIpc) is 3.72. The van der Waals surface area contributed by atoms with E-state index in [1.165, 1.54) is 0 Å². The van der Waals surface area contributed by atoms with Crippen molar-refractivity contribution < 1.29 is 54.4 Å². The summed E-state index contributed by atoms with van der Waals surface area (Å²) < 4.78 is 23.6. The number of ether oxygens (including phenoxy) is 4. The van der Waals surface area contributed by atoms with Crippen LogP contribution < -0.4 is 4.90 Å². The summed E-state index contributed by atoms with van der Waals surface area (Å²) in [6.07, 6.45) is 2.30. The van der Waals surface area contributed by atoms with Crippen LogP contribution in [0.4, 0.5) is 5.69 Å². The van der Waals surface area contributed by atoms with Crippen molar-refractivity contribution >= 4 is 17.7 Å². The van der Waals surface area contributed by atoms with Crippen molar-refractivity contribution in [2.75, 3.05) is 38.8 Å². The number of esters is 1. The standard InChI is InChI=1S/C35H47NO11/c1-33-11-10-27(47-32-30(42)29(41)28(40)24(16-37)46-32)34(2,17-38)25(33)9-12-35(18-44-35)26(33)8-6-20-14-22(45-31(20)43)13-19-5-7-21(36(3)4)15-23(19)39/h5-8,13-15,24-30,32,37-42H,9-12,16-18H2,1-4H3/b8-6+,22-13+/t24?,25?,26?,27-,28?,29?,30?,32?,33+,34+,35?/m1/s1. The van der Waals surface area contributed by atoms with Gasteiger partial charge in [0.05, 0.1) is 37.1 Å². The van der Waals surface area contributed by atoms with Gasteiger partial charge in [0.1, 0.15) is 35.9 Å². The number of aliphatic hydroxyl groups is 5. The number of epoxide rings is 1. The normalized spacial score (nSPS) is 42.4. The third kappa shape index (κ3) is 5.93. The first-order valence-electron chi connectivity index (χ1n) is 16.3. The lowest BCUT2D eigenvalue weighted by atomic mass is 9.45. The van der Waals surface area contributed by atoms with Gasteiger partial charge in [0.25, 0.3) is 0 Å². The lowest BCUT2D eigenvalue weighted by Crippen LogP contribution is -2.64. The first kappa shape index (κ1) is 34.1. The lowest BCUT2D eigenvalue weighted by Gasteiger charge is -2.61. The van der Waals surface area contributed by atoms with Gasteiger partial charge in [-0.25, -0.2) is 4.79 Å². The number of rotatable bonds is 8. The number of anilines is 1. The highest BCUT2D eigenvalue weighted by Crippen LogP contribution is 2.66. The molecule has 3 heterocycles. The number of hydrogen-bond donors (Lipinski definition) is 6. The zero-order valence-electron chi connectivity index (χ0n) is 27.3. The number of phenolic OH excluding ortho intramolecular Hbond substituents is 1. The zero-order valence-corrected chi connectivity index (χ0v) is 27.3. The maximum atomic E-state index is 12.9. The molecule has 8 unspecified atom stereocenters. The van der Waals surface area contributed by atoms with Crippen LogP contribution in [0.5, 0.6) is 5.75 Å². The van der Waals surface area contributed by atoms with Gasteiger partial charge in [0.2, 0.25) is 0 Å². The summed E-state index contributed by atoms with van der Waals surface area (Å²) in [6, 6.07) is 5.28. The van der Waals surface area contributed by atoms with Gasteiger partial charge >= 0.3 is 5.97 Å². The highest BCUT2D eigenvalue weighted by atomic mass is 16.7. The van der Waals surface area contributed by atoms with Gasteiger partial charge in [-0.05, 0) is 61.3 Å².